The number of nitrogens with two attached hydrogens (primary N) is 1. The van der Waals surface area contributed by atoms with E-state index in [-0.39, 0.29) is 46.8 Å². The lowest BCUT2D eigenvalue weighted by atomic mass is 9.92. The molecule has 0 saturated carbocycles. The van der Waals surface area contributed by atoms with Crippen molar-refractivity contribution in [2.75, 3.05) is 56.6 Å². The summed E-state index contributed by atoms with van der Waals surface area (Å²) < 4.78 is 114. The molecule has 0 radical (unpaired) electrons. The van der Waals surface area contributed by atoms with E-state index < -0.39 is 39.6 Å². The van der Waals surface area contributed by atoms with Gasteiger partial charge in [0, 0.05) is 60.6 Å². The summed E-state index contributed by atoms with van der Waals surface area (Å²) in [5.74, 6) is 0. The number of sulfonamides is 1. The molecule has 2 aromatic carbocycles. The van der Waals surface area contributed by atoms with Gasteiger partial charge in [-0.3, -0.25) is 4.90 Å². The second-order valence-electron chi connectivity index (χ2n) is 10.1. The molecule has 0 aromatic heterocycles. The minimum Gasteiger partial charge on any atom is -0.399 e. The minimum atomic E-state index is -6.01. The largest absolute Gasteiger partial charge is 0.430 e. The van der Waals surface area contributed by atoms with Gasteiger partial charge in [-0.2, -0.15) is 30.6 Å². The average Bonchev–Trinajstić information content (AvgIpc) is 2.89. The topological polar surface area (TPSA) is 99.3 Å². The maximum atomic E-state index is 13.6. The highest BCUT2D eigenvalue weighted by Gasteiger charge is 2.71. The Labute approximate surface area is 239 Å². The number of piperazine rings is 1. The van der Waals surface area contributed by atoms with Crippen LogP contribution in [0.4, 0.5) is 37.7 Å². The van der Waals surface area contributed by atoms with Crippen LogP contribution in [0.5, 0.6) is 0 Å². The number of halogens is 6. The number of ether oxygens (including phenoxy) is 1. The quantitative estimate of drug-likeness (QED) is 0.256. The van der Waals surface area contributed by atoms with Crippen molar-refractivity contribution in [1.82, 2.24) is 9.21 Å². The molecule has 2 heterocycles. The number of hydrogen-bond acceptors (Lipinski definition) is 8. The summed E-state index contributed by atoms with van der Waals surface area (Å²) in [6.07, 6.45) is -12.0. The minimum absolute atomic E-state index is 0.00787. The van der Waals surface area contributed by atoms with Crippen molar-refractivity contribution in [3.63, 3.8) is 0 Å². The Hall–Kier alpha value is -2.24. The number of nitrogen functional groups attached to an aromatic ring is 1. The van der Waals surface area contributed by atoms with Gasteiger partial charge in [0.15, 0.2) is 0 Å². The van der Waals surface area contributed by atoms with Gasteiger partial charge in [0.05, 0.1) is 24.2 Å². The molecule has 2 fully saturated rings. The van der Waals surface area contributed by atoms with Crippen molar-refractivity contribution in [2.24, 2.45) is 0 Å². The molecule has 2 aromatic rings. The third-order valence-corrected chi connectivity index (χ3v) is 9.88. The Morgan fingerprint density at radius 2 is 1.66 bits per heavy atom. The van der Waals surface area contributed by atoms with E-state index in [1.54, 1.807) is 4.90 Å². The molecule has 4 rings (SSSR count). The van der Waals surface area contributed by atoms with Gasteiger partial charge in [0.1, 0.15) is 0 Å². The molecule has 41 heavy (non-hydrogen) atoms. The normalized spacial score (nSPS) is 22.2. The van der Waals surface area contributed by atoms with E-state index in [4.69, 9.17) is 10.5 Å². The predicted molar refractivity (Wildman–Crippen MR) is 142 cm³/mol. The average molecular weight is 629 g/mol. The number of alkyl halides is 6. The highest BCUT2D eigenvalue weighted by molar-refractivity contribution is 7.90. The molecule has 0 unspecified atom stereocenters. The predicted octanol–water partition coefficient (Wildman–Crippen LogP) is 3.47. The van der Waals surface area contributed by atoms with Crippen LogP contribution in [-0.2, 0) is 20.4 Å². The standard InChI is InChI=1S/C25H30F6N4O4S2/c1-16-15-39-11-10-33(16)13-20-14-34(41(37,38)22-12-18(32)4-7-21(22)40)8-9-35(20)19-5-2-17(3-6-19)23(36,24(26,27)28)25(29,30)31/h2-7,12,16,20,36,40H,8-11,13-15,32H2,1H3/t16-,20-/m0/s1. The van der Waals surface area contributed by atoms with Crippen LogP contribution in [0, 0.1) is 0 Å². The van der Waals surface area contributed by atoms with Crippen LogP contribution in [0.1, 0.15) is 12.5 Å². The Morgan fingerprint density at radius 1 is 1.02 bits per heavy atom. The van der Waals surface area contributed by atoms with Crippen molar-refractivity contribution in [3.05, 3.63) is 48.0 Å². The third kappa shape index (κ3) is 6.13. The summed E-state index contributed by atoms with van der Waals surface area (Å²) in [5.41, 5.74) is -0.0922. The SMILES string of the molecule is C[C@H]1COCCN1C[C@H]1CN(S(=O)(=O)c2cc(N)ccc2S)CCN1c1ccc(C(O)(C(F)(F)F)C(F)(F)F)cc1. The first-order valence-electron chi connectivity index (χ1n) is 12.6. The van der Waals surface area contributed by atoms with Crippen molar-refractivity contribution in [2.45, 2.75) is 46.8 Å². The molecular formula is C25H30F6N4O4S2. The number of aliphatic hydroxyl groups is 1. The monoisotopic (exact) mass is 628 g/mol. The van der Waals surface area contributed by atoms with Gasteiger partial charge < -0.3 is 20.5 Å². The molecule has 3 N–H and O–H groups in total. The van der Waals surface area contributed by atoms with Crippen LogP contribution in [0.15, 0.2) is 52.3 Å². The fraction of sp³-hybridized carbons (Fsp3) is 0.520. The highest BCUT2D eigenvalue weighted by atomic mass is 32.2. The fourth-order valence-electron chi connectivity index (χ4n) is 5.10. The molecule has 8 nitrogen and oxygen atoms in total. The second-order valence-corrected chi connectivity index (χ2v) is 12.5. The smallest absolute Gasteiger partial charge is 0.399 e. The van der Waals surface area contributed by atoms with E-state index in [1.807, 2.05) is 6.92 Å². The molecule has 2 atom stereocenters. The first-order valence-corrected chi connectivity index (χ1v) is 14.5. The third-order valence-electron chi connectivity index (χ3n) is 7.43. The maximum Gasteiger partial charge on any atom is 0.430 e. The van der Waals surface area contributed by atoms with Crippen molar-refractivity contribution in [3.8, 4) is 0 Å². The van der Waals surface area contributed by atoms with Gasteiger partial charge in [-0.25, -0.2) is 8.42 Å². The zero-order chi connectivity index (χ0) is 30.4. The van der Waals surface area contributed by atoms with Gasteiger partial charge in [0.2, 0.25) is 10.0 Å². The number of nitrogens with zero attached hydrogens (tertiary/aromatic N) is 3. The van der Waals surface area contributed by atoms with Gasteiger partial charge >= 0.3 is 12.4 Å². The lowest BCUT2D eigenvalue weighted by molar-refractivity contribution is -0.376. The van der Waals surface area contributed by atoms with Crippen molar-refractivity contribution >= 4 is 34.0 Å². The molecule has 0 amide bonds. The first-order chi connectivity index (χ1) is 19.0. The number of thiol groups is 1. The summed E-state index contributed by atoms with van der Waals surface area (Å²) in [6.45, 7) is 3.79. The zero-order valence-electron chi connectivity index (χ0n) is 21.9. The molecule has 2 aliphatic heterocycles. The van der Waals surface area contributed by atoms with E-state index in [9.17, 15) is 39.9 Å². The zero-order valence-corrected chi connectivity index (χ0v) is 23.6. The molecule has 0 aliphatic carbocycles. The number of hydrogen-bond donors (Lipinski definition) is 3. The number of morpholine rings is 1. The van der Waals surface area contributed by atoms with Crippen LogP contribution < -0.4 is 10.6 Å². The van der Waals surface area contributed by atoms with E-state index in [2.05, 4.69) is 17.5 Å². The van der Waals surface area contributed by atoms with E-state index in [0.717, 1.165) is 12.1 Å². The summed E-state index contributed by atoms with van der Waals surface area (Å²) in [5, 5.41) is 9.76. The molecule has 2 aliphatic rings. The van der Waals surface area contributed by atoms with Crippen molar-refractivity contribution < 1.29 is 44.6 Å². The fourth-order valence-corrected chi connectivity index (χ4v) is 7.17. The van der Waals surface area contributed by atoms with Crippen molar-refractivity contribution in [1.29, 1.82) is 0 Å². The van der Waals surface area contributed by atoms with Crippen LogP contribution in [0.25, 0.3) is 0 Å². The van der Waals surface area contributed by atoms with E-state index >= 15 is 0 Å². The molecule has 0 spiro atoms. The number of benzene rings is 2. The summed E-state index contributed by atoms with van der Waals surface area (Å²) in [7, 11) is -4.04. The van der Waals surface area contributed by atoms with Crippen LogP contribution in [0.2, 0.25) is 0 Å². The maximum absolute atomic E-state index is 13.6. The lowest BCUT2D eigenvalue weighted by Gasteiger charge is -2.45. The highest BCUT2D eigenvalue weighted by Crippen LogP contribution is 2.50. The molecule has 2 saturated heterocycles. The van der Waals surface area contributed by atoms with Crippen LogP contribution in [0.3, 0.4) is 0 Å². The summed E-state index contributed by atoms with van der Waals surface area (Å²) in [6, 6.07) is 7.09. The van der Waals surface area contributed by atoms with Gasteiger partial charge in [-0.1, -0.05) is 12.1 Å². The van der Waals surface area contributed by atoms with Crippen LogP contribution >= 0.6 is 12.6 Å². The summed E-state index contributed by atoms with van der Waals surface area (Å²) in [4.78, 5) is 3.97. The summed E-state index contributed by atoms with van der Waals surface area (Å²) >= 11 is 4.27. The van der Waals surface area contributed by atoms with Gasteiger partial charge in [0.25, 0.3) is 5.60 Å². The van der Waals surface area contributed by atoms with Crippen LogP contribution in [-0.4, -0.2) is 93.1 Å². The Morgan fingerprint density at radius 3 is 2.24 bits per heavy atom. The molecule has 0 bridgehead atoms. The first kappa shape index (κ1) is 31.7. The molecular weight excluding hydrogens is 598 g/mol. The number of anilines is 2. The molecule has 16 heteroatoms. The number of rotatable bonds is 6. The second kappa shape index (κ2) is 11.4. The van der Waals surface area contributed by atoms with E-state index in [1.165, 1.54) is 22.5 Å². The van der Waals surface area contributed by atoms with Gasteiger partial charge in [-0.15, -0.1) is 12.6 Å². The molecule has 228 valence electrons. The van der Waals surface area contributed by atoms with Gasteiger partial charge in [-0.05, 0) is 37.3 Å². The Kier molecular flexibility index (Phi) is 8.85. The van der Waals surface area contributed by atoms with E-state index in [0.29, 0.717) is 38.4 Å². The lowest BCUT2D eigenvalue weighted by Crippen LogP contribution is -2.60. The Bertz CT molecular complexity index is 1330. The Balaban J connectivity index is 1.67.